The summed E-state index contributed by atoms with van der Waals surface area (Å²) in [7, 11) is 0. The fraction of sp³-hybridized carbons (Fsp3) is 0.235. The number of para-hydroxylation sites is 1. The van der Waals surface area contributed by atoms with Crippen LogP contribution in [0.3, 0.4) is 0 Å². The molecule has 3 heteroatoms. The van der Waals surface area contributed by atoms with Crippen molar-refractivity contribution in [2.75, 3.05) is 6.61 Å². The van der Waals surface area contributed by atoms with Crippen LogP contribution in [-0.4, -0.2) is 12.4 Å². The summed E-state index contributed by atoms with van der Waals surface area (Å²) >= 11 is 0. The first kappa shape index (κ1) is 11.7. The molecule has 2 aromatic carbocycles. The van der Waals surface area contributed by atoms with E-state index in [1.54, 1.807) is 0 Å². The third-order valence-corrected chi connectivity index (χ3v) is 4.02. The zero-order valence-corrected chi connectivity index (χ0v) is 11.0. The normalized spacial score (nSPS) is 19.3. The summed E-state index contributed by atoms with van der Waals surface area (Å²) in [4.78, 5) is 12.7. The molecule has 1 atom stereocenters. The molecular formula is C17H14O3. The van der Waals surface area contributed by atoms with Crippen molar-refractivity contribution in [1.29, 1.82) is 0 Å². The summed E-state index contributed by atoms with van der Waals surface area (Å²) in [5, 5.41) is 0. The molecule has 0 aromatic heterocycles. The van der Waals surface area contributed by atoms with Crippen molar-refractivity contribution < 1.29 is 14.3 Å². The summed E-state index contributed by atoms with van der Waals surface area (Å²) < 4.78 is 11.0. The van der Waals surface area contributed by atoms with Crippen molar-refractivity contribution in [1.82, 2.24) is 0 Å². The molecule has 0 N–H and O–H groups in total. The highest BCUT2D eigenvalue weighted by Gasteiger charge is 2.31. The Morgan fingerprint density at radius 1 is 1.05 bits per heavy atom. The van der Waals surface area contributed by atoms with E-state index in [2.05, 4.69) is 0 Å². The molecule has 20 heavy (non-hydrogen) atoms. The Labute approximate surface area is 117 Å². The summed E-state index contributed by atoms with van der Waals surface area (Å²) in [6.07, 6.45) is 0. The van der Waals surface area contributed by atoms with Crippen molar-refractivity contribution in [2.45, 2.75) is 19.1 Å². The Bertz CT molecular complexity index is 690. The number of Topliss-reactive ketones (excluding diaryl/α,β-unsaturated/α-hetero) is 1. The third-order valence-electron chi connectivity index (χ3n) is 4.02. The molecule has 0 aliphatic carbocycles. The second-order valence-electron chi connectivity index (χ2n) is 5.24. The van der Waals surface area contributed by atoms with Gasteiger partial charge in [-0.05, 0) is 23.3 Å². The number of ether oxygens (including phenoxy) is 2. The number of hydrogen-bond donors (Lipinski definition) is 0. The zero-order chi connectivity index (χ0) is 13.5. The molecule has 3 nitrogen and oxygen atoms in total. The van der Waals surface area contributed by atoms with Crippen LogP contribution in [0.5, 0.6) is 5.75 Å². The van der Waals surface area contributed by atoms with E-state index in [1.165, 1.54) is 5.56 Å². The second-order valence-corrected chi connectivity index (χ2v) is 5.24. The lowest BCUT2D eigenvalue weighted by atomic mass is 9.91. The molecule has 2 aromatic rings. The van der Waals surface area contributed by atoms with E-state index in [9.17, 15) is 4.79 Å². The molecule has 1 unspecified atom stereocenters. The topological polar surface area (TPSA) is 35.5 Å². The summed E-state index contributed by atoms with van der Waals surface area (Å²) in [5.41, 5.74) is 4.06. The van der Waals surface area contributed by atoms with Crippen molar-refractivity contribution in [3.8, 4) is 5.75 Å². The van der Waals surface area contributed by atoms with Crippen LogP contribution >= 0.6 is 0 Å². The van der Waals surface area contributed by atoms with Gasteiger partial charge in [0.1, 0.15) is 12.4 Å². The number of hydrogen-bond acceptors (Lipinski definition) is 3. The molecule has 2 heterocycles. The van der Waals surface area contributed by atoms with Crippen LogP contribution in [0.2, 0.25) is 0 Å². The first-order valence-electron chi connectivity index (χ1n) is 6.78. The van der Waals surface area contributed by atoms with Crippen molar-refractivity contribution >= 4 is 5.78 Å². The number of carbonyl (C=O) groups is 1. The minimum atomic E-state index is -0.188. The van der Waals surface area contributed by atoms with Crippen LogP contribution in [0.15, 0.2) is 42.5 Å². The molecule has 4 rings (SSSR count). The van der Waals surface area contributed by atoms with E-state index in [4.69, 9.17) is 9.47 Å². The maximum atomic E-state index is 12.7. The van der Waals surface area contributed by atoms with Crippen LogP contribution in [0.4, 0.5) is 0 Å². The first-order chi connectivity index (χ1) is 9.83. The molecule has 0 saturated carbocycles. The fourth-order valence-electron chi connectivity index (χ4n) is 2.91. The predicted molar refractivity (Wildman–Crippen MR) is 73.9 cm³/mol. The van der Waals surface area contributed by atoms with Crippen molar-refractivity contribution in [3.05, 3.63) is 64.7 Å². The molecule has 2 aliphatic rings. The predicted octanol–water partition coefficient (Wildman–Crippen LogP) is 3.08. The average molecular weight is 266 g/mol. The van der Waals surface area contributed by atoms with Gasteiger partial charge in [0, 0.05) is 11.1 Å². The highest BCUT2D eigenvalue weighted by Crippen LogP contribution is 2.36. The summed E-state index contributed by atoms with van der Waals surface area (Å²) in [6, 6.07) is 13.6. The quantitative estimate of drug-likeness (QED) is 0.784. The Morgan fingerprint density at radius 3 is 2.85 bits per heavy atom. The number of benzene rings is 2. The van der Waals surface area contributed by atoms with Gasteiger partial charge < -0.3 is 9.47 Å². The molecule has 100 valence electrons. The summed E-state index contributed by atoms with van der Waals surface area (Å²) in [5.74, 6) is 0.770. The molecule has 0 spiro atoms. The number of rotatable bonds is 2. The molecular weight excluding hydrogens is 252 g/mol. The average Bonchev–Trinajstić information content (AvgIpc) is 3.12. The minimum Gasteiger partial charge on any atom is -0.492 e. The van der Waals surface area contributed by atoms with Gasteiger partial charge >= 0.3 is 0 Å². The fourth-order valence-corrected chi connectivity index (χ4v) is 2.91. The van der Waals surface area contributed by atoms with E-state index in [1.807, 2.05) is 42.5 Å². The van der Waals surface area contributed by atoms with Gasteiger partial charge in [-0.1, -0.05) is 30.3 Å². The van der Waals surface area contributed by atoms with Gasteiger partial charge in [0.25, 0.3) is 0 Å². The van der Waals surface area contributed by atoms with E-state index >= 15 is 0 Å². The molecule has 2 aliphatic heterocycles. The minimum absolute atomic E-state index is 0.129. The van der Waals surface area contributed by atoms with E-state index in [0.29, 0.717) is 19.8 Å². The van der Waals surface area contributed by atoms with Gasteiger partial charge in [-0.2, -0.15) is 0 Å². The van der Waals surface area contributed by atoms with Gasteiger partial charge in [0.15, 0.2) is 5.78 Å². The lowest BCUT2D eigenvalue weighted by Gasteiger charge is -2.09. The van der Waals surface area contributed by atoms with Gasteiger partial charge in [-0.25, -0.2) is 0 Å². The van der Waals surface area contributed by atoms with Crippen LogP contribution in [0.1, 0.15) is 33.0 Å². The van der Waals surface area contributed by atoms with E-state index in [0.717, 1.165) is 22.4 Å². The van der Waals surface area contributed by atoms with Crippen LogP contribution < -0.4 is 4.74 Å². The highest BCUT2D eigenvalue weighted by atomic mass is 16.5. The van der Waals surface area contributed by atoms with Crippen molar-refractivity contribution in [2.24, 2.45) is 0 Å². The second kappa shape index (κ2) is 4.46. The van der Waals surface area contributed by atoms with Gasteiger partial charge in [-0.3, -0.25) is 4.79 Å². The SMILES string of the molecule is O=C(c1ccc2c(c1)COC2)C1COc2ccccc21. The maximum absolute atomic E-state index is 12.7. The Morgan fingerprint density at radius 2 is 1.90 bits per heavy atom. The Hall–Kier alpha value is -2.13. The molecule has 0 amide bonds. The van der Waals surface area contributed by atoms with Crippen LogP contribution in [0.25, 0.3) is 0 Å². The van der Waals surface area contributed by atoms with Crippen molar-refractivity contribution in [3.63, 3.8) is 0 Å². The number of carbonyl (C=O) groups excluding carboxylic acids is 1. The monoisotopic (exact) mass is 266 g/mol. The smallest absolute Gasteiger partial charge is 0.173 e. The molecule has 0 bridgehead atoms. The van der Waals surface area contributed by atoms with Gasteiger partial charge in [0.05, 0.1) is 19.1 Å². The van der Waals surface area contributed by atoms with Crippen LogP contribution in [0, 0.1) is 0 Å². The lowest BCUT2D eigenvalue weighted by Crippen LogP contribution is -2.14. The number of ketones is 1. The largest absolute Gasteiger partial charge is 0.492 e. The first-order valence-corrected chi connectivity index (χ1v) is 6.78. The maximum Gasteiger partial charge on any atom is 0.173 e. The van der Waals surface area contributed by atoms with Gasteiger partial charge in [0.2, 0.25) is 0 Å². The molecule has 0 saturated heterocycles. The molecule has 0 fully saturated rings. The van der Waals surface area contributed by atoms with E-state index < -0.39 is 0 Å². The highest BCUT2D eigenvalue weighted by molar-refractivity contribution is 6.02. The zero-order valence-electron chi connectivity index (χ0n) is 11.0. The number of fused-ring (bicyclic) bond motifs is 2. The third kappa shape index (κ3) is 1.74. The Kier molecular flexibility index (Phi) is 2.60. The van der Waals surface area contributed by atoms with Crippen LogP contribution in [-0.2, 0) is 18.0 Å². The van der Waals surface area contributed by atoms with E-state index in [-0.39, 0.29) is 11.7 Å². The summed E-state index contributed by atoms with van der Waals surface area (Å²) in [6.45, 7) is 1.69. The standard InChI is InChI=1S/C17H14O3/c18-17(11-5-6-12-8-19-9-13(12)7-11)15-10-20-16-4-2-1-3-14(15)16/h1-7,15H,8-10H2. The lowest BCUT2D eigenvalue weighted by molar-refractivity contribution is 0.0947. The van der Waals surface area contributed by atoms with Gasteiger partial charge in [-0.15, -0.1) is 0 Å². The molecule has 0 radical (unpaired) electrons. The Balaban J connectivity index is 1.68.